The van der Waals surface area contributed by atoms with Crippen LogP contribution >= 0.6 is 0 Å². The van der Waals surface area contributed by atoms with Gasteiger partial charge in [-0.25, -0.2) is 0 Å². The van der Waals surface area contributed by atoms with Gasteiger partial charge in [0.2, 0.25) is 0 Å². The van der Waals surface area contributed by atoms with Crippen LogP contribution in [-0.2, 0) is 19.5 Å². The molecular formula is C20H16Br3N4Rh. The molecule has 4 aromatic heterocycles. The largest absolute Gasteiger partial charge is 3.00 e. The van der Waals surface area contributed by atoms with Crippen molar-refractivity contribution < 1.29 is 70.4 Å². The quantitative estimate of drug-likeness (QED) is 0.204. The molecule has 0 spiro atoms. The molecule has 28 heavy (non-hydrogen) atoms. The molecule has 8 heteroatoms. The summed E-state index contributed by atoms with van der Waals surface area (Å²) >= 11 is 0. The fourth-order valence-corrected chi connectivity index (χ4v) is 2.06. The summed E-state index contributed by atoms with van der Waals surface area (Å²) in [5.41, 5.74) is 3.66. The van der Waals surface area contributed by atoms with E-state index in [4.69, 9.17) is 0 Å². The van der Waals surface area contributed by atoms with Crippen LogP contribution in [0.5, 0.6) is 0 Å². The molecule has 4 heterocycles. The van der Waals surface area contributed by atoms with Crippen LogP contribution in [0.3, 0.4) is 0 Å². The Morgan fingerprint density at radius 2 is 0.571 bits per heavy atom. The van der Waals surface area contributed by atoms with Gasteiger partial charge in [-0.15, -0.1) is 0 Å². The zero-order chi connectivity index (χ0) is 16.5. The zero-order valence-corrected chi connectivity index (χ0v) is 20.9. The van der Waals surface area contributed by atoms with Crippen molar-refractivity contribution in [2.24, 2.45) is 0 Å². The third-order valence-corrected chi connectivity index (χ3v) is 3.18. The van der Waals surface area contributed by atoms with E-state index in [1.165, 1.54) is 0 Å². The Balaban J connectivity index is 0. The van der Waals surface area contributed by atoms with Crippen LogP contribution < -0.4 is 50.9 Å². The molecule has 146 valence electrons. The number of pyridine rings is 4. The summed E-state index contributed by atoms with van der Waals surface area (Å²) in [5, 5.41) is 0. The third-order valence-electron chi connectivity index (χ3n) is 3.18. The van der Waals surface area contributed by atoms with Gasteiger partial charge in [-0.1, -0.05) is 24.3 Å². The molecule has 4 aromatic rings. The van der Waals surface area contributed by atoms with Gasteiger partial charge in [0.05, 0.1) is 22.8 Å². The molecule has 0 atom stereocenters. The second-order valence-electron chi connectivity index (χ2n) is 4.86. The molecule has 0 saturated heterocycles. The van der Waals surface area contributed by atoms with Gasteiger partial charge >= 0.3 is 19.5 Å². The molecular weight excluding hydrogens is 639 g/mol. The summed E-state index contributed by atoms with van der Waals surface area (Å²) in [5.74, 6) is 0. The van der Waals surface area contributed by atoms with Crippen molar-refractivity contribution in [2.75, 3.05) is 0 Å². The maximum absolute atomic E-state index is 4.19. The Hall–Kier alpha value is -1.34. The molecule has 0 aliphatic rings. The van der Waals surface area contributed by atoms with Gasteiger partial charge in [-0.05, 0) is 48.5 Å². The van der Waals surface area contributed by atoms with Crippen LogP contribution in [0, 0.1) is 0 Å². The first-order valence-corrected chi connectivity index (χ1v) is 7.58. The molecule has 0 fully saturated rings. The monoisotopic (exact) mass is 652 g/mol. The van der Waals surface area contributed by atoms with Crippen LogP contribution in [-0.4, -0.2) is 19.9 Å². The van der Waals surface area contributed by atoms with Gasteiger partial charge < -0.3 is 50.9 Å². The van der Waals surface area contributed by atoms with Crippen molar-refractivity contribution in [2.45, 2.75) is 0 Å². The van der Waals surface area contributed by atoms with Crippen molar-refractivity contribution >= 4 is 0 Å². The number of nitrogens with zero attached hydrogens (tertiary/aromatic N) is 4. The first kappa shape index (κ1) is 28.9. The minimum Gasteiger partial charge on any atom is -1.00 e. The van der Waals surface area contributed by atoms with Gasteiger partial charge in [0.25, 0.3) is 0 Å². The Kier molecular flexibility index (Phi) is 17.1. The van der Waals surface area contributed by atoms with E-state index in [2.05, 4.69) is 19.9 Å². The molecule has 4 nitrogen and oxygen atoms in total. The first-order valence-electron chi connectivity index (χ1n) is 7.58. The van der Waals surface area contributed by atoms with E-state index in [-0.39, 0.29) is 70.4 Å². The van der Waals surface area contributed by atoms with Crippen LogP contribution in [0.2, 0.25) is 0 Å². The van der Waals surface area contributed by atoms with E-state index < -0.39 is 0 Å². The van der Waals surface area contributed by atoms with Crippen molar-refractivity contribution in [3.05, 3.63) is 97.6 Å². The zero-order valence-electron chi connectivity index (χ0n) is 14.5. The predicted octanol–water partition coefficient (Wildman–Crippen LogP) is -4.70. The number of halogens is 3. The summed E-state index contributed by atoms with van der Waals surface area (Å²) in [6, 6.07) is 23.2. The summed E-state index contributed by atoms with van der Waals surface area (Å²) < 4.78 is 0. The van der Waals surface area contributed by atoms with Gasteiger partial charge in [-0.2, -0.15) is 0 Å². The van der Waals surface area contributed by atoms with Gasteiger partial charge in [0, 0.05) is 24.8 Å². The molecule has 0 saturated carbocycles. The van der Waals surface area contributed by atoms with Gasteiger partial charge in [0.15, 0.2) is 0 Å². The van der Waals surface area contributed by atoms with E-state index in [0.717, 1.165) is 22.8 Å². The van der Waals surface area contributed by atoms with Gasteiger partial charge in [0.1, 0.15) is 0 Å². The third kappa shape index (κ3) is 9.24. The average Bonchev–Trinajstić information content (AvgIpc) is 2.71. The summed E-state index contributed by atoms with van der Waals surface area (Å²) in [7, 11) is 0. The molecule has 0 unspecified atom stereocenters. The van der Waals surface area contributed by atoms with E-state index in [9.17, 15) is 0 Å². The molecule has 4 rings (SSSR count). The Morgan fingerprint density at radius 1 is 0.357 bits per heavy atom. The Morgan fingerprint density at radius 3 is 0.714 bits per heavy atom. The molecule has 0 radical (unpaired) electrons. The second kappa shape index (κ2) is 16.6. The Labute approximate surface area is 209 Å². The van der Waals surface area contributed by atoms with Crippen LogP contribution in [0.1, 0.15) is 0 Å². The van der Waals surface area contributed by atoms with E-state index in [1.807, 2.05) is 72.8 Å². The smallest absolute Gasteiger partial charge is 1.00 e. The summed E-state index contributed by atoms with van der Waals surface area (Å²) in [6.07, 6.45) is 7.07. The minimum atomic E-state index is 0. The van der Waals surface area contributed by atoms with Crippen LogP contribution in [0.25, 0.3) is 22.8 Å². The Bertz CT molecular complexity index is 705. The molecule has 0 aliphatic carbocycles. The summed E-state index contributed by atoms with van der Waals surface area (Å²) in [6.45, 7) is 0. The number of rotatable bonds is 2. The average molecular weight is 655 g/mol. The van der Waals surface area contributed by atoms with Crippen molar-refractivity contribution in [1.82, 2.24) is 19.9 Å². The normalized spacial score (nSPS) is 8.29. The number of hydrogen-bond donors (Lipinski definition) is 0. The number of hydrogen-bond acceptors (Lipinski definition) is 4. The maximum atomic E-state index is 4.19. The van der Waals surface area contributed by atoms with Crippen molar-refractivity contribution in [3.63, 3.8) is 0 Å². The fraction of sp³-hybridized carbons (Fsp3) is 0. The minimum absolute atomic E-state index is 0. The fourth-order valence-electron chi connectivity index (χ4n) is 2.06. The molecule has 0 N–H and O–H groups in total. The first-order chi connectivity index (χ1) is 11.9. The van der Waals surface area contributed by atoms with E-state index in [0.29, 0.717) is 0 Å². The van der Waals surface area contributed by atoms with E-state index in [1.54, 1.807) is 24.8 Å². The van der Waals surface area contributed by atoms with Crippen molar-refractivity contribution in [1.29, 1.82) is 0 Å². The van der Waals surface area contributed by atoms with Crippen LogP contribution in [0.15, 0.2) is 97.6 Å². The maximum Gasteiger partial charge on any atom is 3.00 e. The second-order valence-corrected chi connectivity index (χ2v) is 4.86. The topological polar surface area (TPSA) is 51.6 Å². The molecule has 0 aromatic carbocycles. The van der Waals surface area contributed by atoms with Crippen LogP contribution in [0.4, 0.5) is 0 Å². The van der Waals surface area contributed by atoms with Gasteiger partial charge in [-0.3, -0.25) is 19.9 Å². The standard InChI is InChI=1S/2C10H8N2.3BrH.Rh/c2*1-3-7-11-9(5-1)10-6-2-4-8-12-10;;;;/h2*1-8H;3*1H;/q;;;;;+3/p-3. The molecule has 0 aliphatic heterocycles. The van der Waals surface area contributed by atoms with E-state index >= 15 is 0 Å². The summed E-state index contributed by atoms with van der Waals surface area (Å²) in [4.78, 5) is 16.7. The SMILES string of the molecule is [Br-].[Br-].[Br-].[Rh+3].c1ccc(-c2ccccn2)nc1.c1ccc(-c2ccccn2)nc1. The predicted molar refractivity (Wildman–Crippen MR) is 94.9 cm³/mol. The van der Waals surface area contributed by atoms with Crippen molar-refractivity contribution in [3.8, 4) is 22.8 Å². The molecule has 0 amide bonds. The number of aromatic nitrogens is 4. The molecule has 0 bridgehead atoms.